The Kier molecular flexibility index (Phi) is 7.37. The number of carbonyl (C=O) groups is 2. The second-order valence-electron chi connectivity index (χ2n) is 6.06. The minimum atomic E-state index is -0.282. The molecule has 1 aliphatic heterocycles. The van der Waals surface area contributed by atoms with Crippen LogP contribution in [0.2, 0.25) is 0 Å². The van der Waals surface area contributed by atoms with Crippen LogP contribution in [0.3, 0.4) is 0 Å². The molecule has 5 nitrogen and oxygen atoms in total. The van der Waals surface area contributed by atoms with Crippen molar-refractivity contribution in [3.05, 3.63) is 35.9 Å². The normalized spacial score (nSPS) is 17.4. The van der Waals surface area contributed by atoms with Crippen LogP contribution in [0.4, 0.5) is 4.79 Å². The van der Waals surface area contributed by atoms with Gasteiger partial charge in [0.25, 0.3) is 0 Å². The lowest BCUT2D eigenvalue weighted by Crippen LogP contribution is -2.45. The summed E-state index contributed by atoms with van der Waals surface area (Å²) >= 11 is 5.65. The first-order chi connectivity index (χ1) is 11.6. The third-order valence-corrected chi connectivity index (χ3v) is 4.54. The van der Waals surface area contributed by atoms with Crippen molar-refractivity contribution in [1.82, 2.24) is 9.80 Å². The number of halogens is 1. The number of rotatable bonds is 6. The minimum absolute atomic E-state index is 0.00336. The smallest absolute Gasteiger partial charge is 0.410 e. The van der Waals surface area contributed by atoms with E-state index in [4.69, 9.17) is 16.3 Å². The Bertz CT molecular complexity index is 538. The molecule has 1 saturated heterocycles. The van der Waals surface area contributed by atoms with Crippen molar-refractivity contribution in [3.63, 3.8) is 0 Å². The lowest BCUT2D eigenvalue weighted by Gasteiger charge is -2.34. The molecule has 0 radical (unpaired) electrons. The summed E-state index contributed by atoms with van der Waals surface area (Å²) < 4.78 is 5.40. The topological polar surface area (TPSA) is 49.9 Å². The molecular formula is C18H25ClN2O3. The maximum Gasteiger partial charge on any atom is 0.410 e. The third-order valence-electron chi connectivity index (χ3n) is 4.31. The molecule has 2 rings (SSSR count). The van der Waals surface area contributed by atoms with Crippen LogP contribution < -0.4 is 0 Å². The maximum absolute atomic E-state index is 12.3. The van der Waals surface area contributed by atoms with Crippen molar-refractivity contribution < 1.29 is 14.3 Å². The van der Waals surface area contributed by atoms with Crippen LogP contribution in [0.25, 0.3) is 0 Å². The van der Waals surface area contributed by atoms with Crippen molar-refractivity contribution in [2.75, 3.05) is 32.1 Å². The second-order valence-corrected chi connectivity index (χ2v) is 6.33. The first-order valence-electron chi connectivity index (χ1n) is 8.43. The summed E-state index contributed by atoms with van der Waals surface area (Å²) in [4.78, 5) is 27.6. The van der Waals surface area contributed by atoms with Crippen LogP contribution in [0.1, 0.15) is 25.3 Å². The summed E-state index contributed by atoms with van der Waals surface area (Å²) in [7, 11) is 0. The standard InChI is InChI=1S/C18H25ClN2O3/c1-2-20(17(22)11-19)12-16-9-6-10-21(13-16)18(23)24-14-15-7-4-3-5-8-15/h3-5,7-8,16H,2,6,9-14H2,1H3/t16-/m0/s1. The van der Waals surface area contributed by atoms with Gasteiger partial charge in [0.05, 0.1) is 0 Å². The highest BCUT2D eigenvalue weighted by Gasteiger charge is 2.26. The van der Waals surface area contributed by atoms with E-state index < -0.39 is 0 Å². The molecule has 1 atom stereocenters. The summed E-state index contributed by atoms with van der Waals surface area (Å²) in [5.74, 6) is 0.224. The molecule has 0 saturated carbocycles. The first kappa shape index (κ1) is 18.6. The lowest BCUT2D eigenvalue weighted by atomic mass is 9.97. The van der Waals surface area contributed by atoms with Gasteiger partial charge in [0.1, 0.15) is 12.5 Å². The fourth-order valence-corrected chi connectivity index (χ4v) is 3.16. The highest BCUT2D eigenvalue weighted by molar-refractivity contribution is 6.27. The number of hydrogen-bond acceptors (Lipinski definition) is 3. The highest BCUT2D eigenvalue weighted by atomic mass is 35.5. The number of ether oxygens (including phenoxy) is 1. The van der Waals surface area contributed by atoms with E-state index in [2.05, 4.69) is 0 Å². The van der Waals surface area contributed by atoms with Gasteiger partial charge in [-0.2, -0.15) is 0 Å². The van der Waals surface area contributed by atoms with E-state index in [0.717, 1.165) is 18.4 Å². The van der Waals surface area contributed by atoms with Crippen molar-refractivity contribution in [2.24, 2.45) is 5.92 Å². The Morgan fingerprint density at radius 2 is 2.08 bits per heavy atom. The molecule has 1 heterocycles. The van der Waals surface area contributed by atoms with Gasteiger partial charge >= 0.3 is 6.09 Å². The van der Waals surface area contributed by atoms with Crippen molar-refractivity contribution >= 4 is 23.6 Å². The lowest BCUT2D eigenvalue weighted by molar-refractivity contribution is -0.129. The molecule has 0 spiro atoms. The summed E-state index contributed by atoms with van der Waals surface area (Å²) in [6.45, 7) is 4.84. The van der Waals surface area contributed by atoms with Crippen LogP contribution in [-0.2, 0) is 16.1 Å². The molecule has 0 aromatic heterocycles. The van der Waals surface area contributed by atoms with Gasteiger partial charge in [0, 0.05) is 26.2 Å². The molecule has 0 aliphatic carbocycles. The predicted molar refractivity (Wildman–Crippen MR) is 93.9 cm³/mol. The van der Waals surface area contributed by atoms with E-state index in [9.17, 15) is 9.59 Å². The quantitative estimate of drug-likeness (QED) is 0.739. The zero-order valence-electron chi connectivity index (χ0n) is 14.1. The fourth-order valence-electron chi connectivity index (χ4n) is 2.99. The molecule has 1 aromatic rings. The van der Waals surface area contributed by atoms with E-state index in [1.165, 1.54) is 0 Å². The van der Waals surface area contributed by atoms with Gasteiger partial charge in [-0.1, -0.05) is 30.3 Å². The molecule has 6 heteroatoms. The Morgan fingerprint density at radius 3 is 2.75 bits per heavy atom. The monoisotopic (exact) mass is 352 g/mol. The van der Waals surface area contributed by atoms with Gasteiger partial charge in [-0.25, -0.2) is 4.79 Å². The van der Waals surface area contributed by atoms with Gasteiger partial charge in [0.15, 0.2) is 0 Å². The molecular weight excluding hydrogens is 328 g/mol. The van der Waals surface area contributed by atoms with Crippen LogP contribution in [-0.4, -0.2) is 53.9 Å². The number of carbonyl (C=O) groups excluding carboxylic acids is 2. The van der Waals surface area contributed by atoms with Gasteiger partial charge in [0.2, 0.25) is 5.91 Å². The van der Waals surface area contributed by atoms with Gasteiger partial charge in [-0.05, 0) is 31.2 Å². The number of alkyl halides is 1. The summed E-state index contributed by atoms with van der Waals surface area (Å²) in [5.41, 5.74) is 0.976. The van der Waals surface area contributed by atoms with E-state index in [1.807, 2.05) is 37.3 Å². The number of hydrogen-bond donors (Lipinski definition) is 0. The molecule has 1 aliphatic rings. The SMILES string of the molecule is CCN(C[C@@H]1CCCN(C(=O)OCc2ccccc2)C1)C(=O)CCl. The molecule has 1 aromatic carbocycles. The highest BCUT2D eigenvalue weighted by Crippen LogP contribution is 2.19. The van der Waals surface area contributed by atoms with Crippen molar-refractivity contribution in [2.45, 2.75) is 26.4 Å². The van der Waals surface area contributed by atoms with Crippen LogP contribution in [0.5, 0.6) is 0 Å². The number of nitrogens with zero attached hydrogens (tertiary/aromatic N) is 2. The minimum Gasteiger partial charge on any atom is -0.445 e. The largest absolute Gasteiger partial charge is 0.445 e. The summed E-state index contributed by atoms with van der Waals surface area (Å²) in [6, 6.07) is 9.65. The predicted octanol–water partition coefficient (Wildman–Crippen LogP) is 3.12. The average Bonchev–Trinajstić information content (AvgIpc) is 2.64. The van der Waals surface area contributed by atoms with E-state index in [-0.39, 0.29) is 30.4 Å². The molecule has 0 unspecified atom stereocenters. The first-order valence-corrected chi connectivity index (χ1v) is 8.96. The van der Waals surface area contributed by atoms with Gasteiger partial charge in [-0.3, -0.25) is 4.79 Å². The fraction of sp³-hybridized carbons (Fsp3) is 0.556. The zero-order valence-corrected chi connectivity index (χ0v) is 14.9. The molecule has 132 valence electrons. The third kappa shape index (κ3) is 5.41. The maximum atomic E-state index is 12.3. The number of piperidine rings is 1. The van der Waals surface area contributed by atoms with Gasteiger partial charge in [-0.15, -0.1) is 11.6 Å². The molecule has 2 amide bonds. The van der Waals surface area contributed by atoms with Crippen LogP contribution in [0.15, 0.2) is 30.3 Å². The van der Waals surface area contributed by atoms with Crippen molar-refractivity contribution in [3.8, 4) is 0 Å². The average molecular weight is 353 g/mol. The number of likely N-dealkylation sites (tertiary alicyclic amines) is 1. The Hall–Kier alpha value is -1.75. The molecule has 0 N–H and O–H groups in total. The molecule has 24 heavy (non-hydrogen) atoms. The molecule has 1 fully saturated rings. The Morgan fingerprint density at radius 1 is 1.33 bits per heavy atom. The van der Waals surface area contributed by atoms with Crippen LogP contribution >= 0.6 is 11.6 Å². The summed E-state index contributed by atoms with van der Waals surface area (Å²) in [5, 5.41) is 0. The van der Waals surface area contributed by atoms with Crippen molar-refractivity contribution in [1.29, 1.82) is 0 Å². The van der Waals surface area contributed by atoms with Gasteiger partial charge < -0.3 is 14.5 Å². The Balaban J connectivity index is 1.83. The van der Waals surface area contributed by atoms with E-state index in [1.54, 1.807) is 9.80 Å². The molecule has 0 bridgehead atoms. The van der Waals surface area contributed by atoms with E-state index in [0.29, 0.717) is 26.2 Å². The second kappa shape index (κ2) is 9.52. The Labute approximate surface area is 148 Å². The van der Waals surface area contributed by atoms with Crippen LogP contribution in [0, 0.1) is 5.92 Å². The number of benzene rings is 1. The summed E-state index contributed by atoms with van der Waals surface area (Å²) in [6.07, 6.45) is 1.65. The van der Waals surface area contributed by atoms with E-state index >= 15 is 0 Å². The number of amides is 2. The zero-order chi connectivity index (χ0) is 17.4.